The van der Waals surface area contributed by atoms with E-state index in [4.69, 9.17) is 10.8 Å². The highest BCUT2D eigenvalue weighted by molar-refractivity contribution is 5.86. The first-order chi connectivity index (χ1) is 7.63. The van der Waals surface area contributed by atoms with Gasteiger partial charge in [0.25, 0.3) is 0 Å². The Hall–Kier alpha value is -0.820. The van der Waals surface area contributed by atoms with E-state index in [-0.39, 0.29) is 19.1 Å². The summed E-state index contributed by atoms with van der Waals surface area (Å²) in [7, 11) is 0. The quantitative estimate of drug-likeness (QED) is 0.615. The van der Waals surface area contributed by atoms with Crippen LogP contribution in [0.15, 0.2) is 0 Å². The van der Waals surface area contributed by atoms with Gasteiger partial charge in [-0.1, -0.05) is 6.92 Å². The number of alkyl halides is 3. The molecule has 0 aromatic carbocycles. The molecule has 102 valence electrons. The Balaban J connectivity index is 4.03. The minimum atomic E-state index is -4.77. The van der Waals surface area contributed by atoms with E-state index in [1.807, 2.05) is 6.92 Å². The molecule has 4 nitrogen and oxygen atoms in total. The number of rotatable bonds is 6. The van der Waals surface area contributed by atoms with E-state index < -0.39 is 17.6 Å². The topological polar surface area (TPSA) is 75.3 Å². The van der Waals surface area contributed by atoms with Crippen LogP contribution in [0.1, 0.15) is 26.7 Å². The second kappa shape index (κ2) is 6.20. The number of carbonyl (C=O) groups excluding carboxylic acids is 1. The molecule has 0 aliphatic carbocycles. The average molecular weight is 256 g/mol. The number of aliphatic hydroxyl groups is 1. The molecule has 2 unspecified atom stereocenters. The smallest absolute Gasteiger partial charge is 0.396 e. The fraction of sp³-hybridized carbons (Fsp3) is 0.900. The van der Waals surface area contributed by atoms with Crippen molar-refractivity contribution < 1.29 is 23.1 Å². The summed E-state index contributed by atoms with van der Waals surface area (Å²) in [6.07, 6.45) is -3.64. The van der Waals surface area contributed by atoms with E-state index in [0.29, 0.717) is 19.8 Å². The summed E-state index contributed by atoms with van der Waals surface area (Å²) >= 11 is 0. The second-order valence-corrected chi connectivity index (χ2v) is 4.39. The van der Waals surface area contributed by atoms with E-state index in [1.54, 1.807) is 0 Å². The summed E-state index contributed by atoms with van der Waals surface area (Å²) in [4.78, 5) is 11.2. The molecule has 4 N–H and O–H groups in total. The number of hydrogen-bond donors (Lipinski definition) is 3. The number of nitrogens with one attached hydrogen (secondary N) is 1. The molecule has 0 rings (SSSR count). The first-order valence-electron chi connectivity index (χ1n) is 5.37. The van der Waals surface area contributed by atoms with Gasteiger partial charge in [0.05, 0.1) is 0 Å². The van der Waals surface area contributed by atoms with Gasteiger partial charge in [-0.2, -0.15) is 13.2 Å². The molecule has 0 aromatic rings. The molecule has 0 radical (unpaired) electrons. The second-order valence-electron chi connectivity index (χ2n) is 4.39. The number of hydrogen-bond acceptors (Lipinski definition) is 3. The Bertz CT molecular complexity index is 254. The third-order valence-electron chi connectivity index (χ3n) is 2.53. The maximum Gasteiger partial charge on any atom is 0.415 e. The number of carbonyl (C=O) groups is 1. The van der Waals surface area contributed by atoms with Crippen LogP contribution in [0.25, 0.3) is 0 Å². The Labute approximate surface area is 98.4 Å². The summed E-state index contributed by atoms with van der Waals surface area (Å²) in [5.74, 6) is -1.17. The average Bonchev–Trinajstić information content (AvgIpc) is 2.21. The zero-order valence-electron chi connectivity index (χ0n) is 9.97. The summed E-state index contributed by atoms with van der Waals surface area (Å²) in [6, 6.07) is 0. The van der Waals surface area contributed by atoms with Gasteiger partial charge in [0.15, 0.2) is 5.54 Å². The molecule has 2 atom stereocenters. The predicted molar refractivity (Wildman–Crippen MR) is 57.1 cm³/mol. The van der Waals surface area contributed by atoms with Crippen molar-refractivity contribution in [3.05, 3.63) is 0 Å². The summed E-state index contributed by atoms with van der Waals surface area (Å²) in [6.45, 7) is 2.58. The fourth-order valence-electron chi connectivity index (χ4n) is 1.06. The van der Waals surface area contributed by atoms with E-state index in [9.17, 15) is 18.0 Å². The van der Waals surface area contributed by atoms with Crippen LogP contribution in [-0.2, 0) is 4.79 Å². The summed E-state index contributed by atoms with van der Waals surface area (Å²) < 4.78 is 37.1. The molecule has 0 fully saturated rings. The molecule has 0 spiro atoms. The Morgan fingerprint density at radius 2 is 2.00 bits per heavy atom. The van der Waals surface area contributed by atoms with Crippen molar-refractivity contribution in [1.29, 1.82) is 0 Å². The van der Waals surface area contributed by atoms with Crippen molar-refractivity contribution in [3.63, 3.8) is 0 Å². The predicted octanol–water partition coefficient (Wildman–Crippen LogP) is 0.791. The largest absolute Gasteiger partial charge is 0.415 e. The van der Waals surface area contributed by atoms with Gasteiger partial charge in [-0.3, -0.25) is 4.79 Å². The lowest BCUT2D eigenvalue weighted by Crippen LogP contribution is -2.61. The zero-order chi connectivity index (χ0) is 13.7. The number of halogens is 3. The van der Waals surface area contributed by atoms with Crippen LogP contribution < -0.4 is 11.1 Å². The Kier molecular flexibility index (Phi) is 5.91. The van der Waals surface area contributed by atoms with Gasteiger partial charge in [-0.15, -0.1) is 0 Å². The number of amides is 1. The molecular formula is C10H19F3N2O2. The number of aliphatic hydroxyl groups excluding tert-OH is 1. The minimum Gasteiger partial charge on any atom is -0.396 e. The van der Waals surface area contributed by atoms with Gasteiger partial charge in [0.1, 0.15) is 0 Å². The maximum absolute atomic E-state index is 12.4. The van der Waals surface area contributed by atoms with Crippen molar-refractivity contribution in [2.45, 2.75) is 38.4 Å². The third kappa shape index (κ3) is 4.91. The molecule has 7 heteroatoms. The van der Waals surface area contributed by atoms with Crippen LogP contribution in [0.3, 0.4) is 0 Å². The van der Waals surface area contributed by atoms with Crippen LogP contribution in [0.4, 0.5) is 13.2 Å². The lowest BCUT2D eigenvalue weighted by molar-refractivity contribution is -0.187. The maximum atomic E-state index is 12.4. The van der Waals surface area contributed by atoms with Gasteiger partial charge in [0.2, 0.25) is 5.91 Å². The van der Waals surface area contributed by atoms with Gasteiger partial charge < -0.3 is 16.2 Å². The van der Waals surface area contributed by atoms with E-state index >= 15 is 0 Å². The molecule has 0 heterocycles. The molecule has 17 heavy (non-hydrogen) atoms. The molecule has 0 saturated heterocycles. The lowest BCUT2D eigenvalue weighted by atomic mass is 10.0. The molecule has 0 aromatic heterocycles. The highest BCUT2D eigenvalue weighted by Gasteiger charge is 2.53. The van der Waals surface area contributed by atoms with Crippen molar-refractivity contribution in [1.82, 2.24) is 5.32 Å². The van der Waals surface area contributed by atoms with Crippen LogP contribution >= 0.6 is 0 Å². The molecule has 1 amide bonds. The van der Waals surface area contributed by atoms with Gasteiger partial charge >= 0.3 is 6.18 Å². The zero-order valence-corrected chi connectivity index (χ0v) is 9.97. The SMILES string of the molecule is CC(CO)CCCNC(=O)C(C)(N)C(F)(F)F. The third-order valence-corrected chi connectivity index (χ3v) is 2.53. The molecular weight excluding hydrogens is 237 g/mol. The normalized spacial score (nSPS) is 17.4. The minimum absolute atomic E-state index is 0.0190. The van der Waals surface area contributed by atoms with Crippen LogP contribution in [-0.4, -0.2) is 35.9 Å². The van der Waals surface area contributed by atoms with Crippen LogP contribution in [0.5, 0.6) is 0 Å². The Morgan fingerprint density at radius 3 is 2.41 bits per heavy atom. The van der Waals surface area contributed by atoms with E-state index in [0.717, 1.165) is 0 Å². The van der Waals surface area contributed by atoms with Gasteiger partial charge in [-0.05, 0) is 25.7 Å². The summed E-state index contributed by atoms with van der Waals surface area (Å²) in [5.41, 5.74) is 2.06. The first kappa shape index (κ1) is 16.2. The molecule has 0 saturated carbocycles. The monoisotopic (exact) mass is 256 g/mol. The molecule has 0 aliphatic rings. The molecule has 0 bridgehead atoms. The van der Waals surface area contributed by atoms with E-state index in [2.05, 4.69) is 5.32 Å². The standard InChI is InChI=1S/C10H19F3N2O2/c1-7(6-16)4-3-5-15-8(17)9(2,14)10(11,12)13/h7,16H,3-6,14H2,1-2H3,(H,15,17). The van der Waals surface area contributed by atoms with E-state index in [1.165, 1.54) is 0 Å². The van der Waals surface area contributed by atoms with Gasteiger partial charge in [-0.25, -0.2) is 0 Å². The summed E-state index contributed by atoms with van der Waals surface area (Å²) in [5, 5.41) is 10.9. The van der Waals surface area contributed by atoms with Crippen LogP contribution in [0, 0.1) is 5.92 Å². The lowest BCUT2D eigenvalue weighted by Gasteiger charge is -2.26. The highest BCUT2D eigenvalue weighted by Crippen LogP contribution is 2.27. The van der Waals surface area contributed by atoms with Crippen LogP contribution in [0.2, 0.25) is 0 Å². The van der Waals surface area contributed by atoms with Crippen molar-refractivity contribution in [2.75, 3.05) is 13.2 Å². The molecule has 0 aliphatic heterocycles. The number of nitrogens with two attached hydrogens (primary N) is 1. The van der Waals surface area contributed by atoms with Crippen molar-refractivity contribution >= 4 is 5.91 Å². The van der Waals surface area contributed by atoms with Crippen molar-refractivity contribution in [3.8, 4) is 0 Å². The van der Waals surface area contributed by atoms with Crippen molar-refractivity contribution in [2.24, 2.45) is 11.7 Å². The Morgan fingerprint density at radius 1 is 1.47 bits per heavy atom. The first-order valence-corrected chi connectivity index (χ1v) is 5.37. The fourth-order valence-corrected chi connectivity index (χ4v) is 1.06. The highest BCUT2D eigenvalue weighted by atomic mass is 19.4. The van der Waals surface area contributed by atoms with Gasteiger partial charge in [0, 0.05) is 13.2 Å².